The van der Waals surface area contributed by atoms with Crippen molar-refractivity contribution in [1.29, 1.82) is 0 Å². The fourth-order valence-electron chi connectivity index (χ4n) is 1.87. The van der Waals surface area contributed by atoms with Gasteiger partial charge in [0.1, 0.15) is 11.5 Å². The van der Waals surface area contributed by atoms with Crippen molar-refractivity contribution in [1.82, 2.24) is 4.90 Å². The molecular formula is C12H21NO5. The van der Waals surface area contributed by atoms with Crippen molar-refractivity contribution in [3.8, 4) is 0 Å². The summed E-state index contributed by atoms with van der Waals surface area (Å²) in [5, 5.41) is 0. The second-order valence-corrected chi connectivity index (χ2v) is 5.29. The standard InChI is InChI=1S/C12H21NO5/c1-12(2,3)18-11(15)13-6-8(10(14)17-5)9(7-13)16-4/h8-9H,6-7H2,1-5H3/t8-,9-/m1/s1. The minimum absolute atomic E-state index is 0.264. The largest absolute Gasteiger partial charge is 0.469 e. The molecule has 0 radical (unpaired) electrons. The van der Waals surface area contributed by atoms with E-state index in [0.29, 0.717) is 6.54 Å². The van der Waals surface area contributed by atoms with Crippen LogP contribution in [0.15, 0.2) is 0 Å². The van der Waals surface area contributed by atoms with E-state index in [1.807, 2.05) is 0 Å². The maximum absolute atomic E-state index is 11.9. The fourth-order valence-corrected chi connectivity index (χ4v) is 1.87. The Morgan fingerprint density at radius 3 is 2.22 bits per heavy atom. The molecule has 1 heterocycles. The molecule has 6 nitrogen and oxygen atoms in total. The SMILES string of the molecule is COC(=O)[C@@H]1CN(C(=O)OC(C)(C)C)C[C@H]1OC. The Morgan fingerprint density at radius 2 is 1.78 bits per heavy atom. The van der Waals surface area contributed by atoms with Gasteiger partial charge >= 0.3 is 12.1 Å². The van der Waals surface area contributed by atoms with Crippen LogP contribution < -0.4 is 0 Å². The molecule has 2 atom stereocenters. The van der Waals surface area contributed by atoms with Crippen LogP contribution in [-0.4, -0.2) is 56.0 Å². The van der Waals surface area contributed by atoms with E-state index in [0.717, 1.165) is 0 Å². The molecule has 0 N–H and O–H groups in total. The van der Waals surface area contributed by atoms with E-state index in [2.05, 4.69) is 0 Å². The first-order chi connectivity index (χ1) is 8.28. The van der Waals surface area contributed by atoms with Crippen LogP contribution in [0.5, 0.6) is 0 Å². The van der Waals surface area contributed by atoms with E-state index in [9.17, 15) is 9.59 Å². The fraction of sp³-hybridized carbons (Fsp3) is 0.833. The lowest BCUT2D eigenvalue weighted by atomic mass is 10.1. The Bertz CT molecular complexity index is 323. The zero-order valence-electron chi connectivity index (χ0n) is 11.6. The quantitative estimate of drug-likeness (QED) is 0.693. The molecule has 1 fully saturated rings. The molecule has 18 heavy (non-hydrogen) atoms. The first kappa shape index (κ1) is 14.8. The highest BCUT2D eigenvalue weighted by molar-refractivity contribution is 5.76. The molecule has 1 aliphatic rings. The Kier molecular flexibility index (Phi) is 4.56. The molecule has 0 aromatic carbocycles. The summed E-state index contributed by atoms with van der Waals surface area (Å²) in [5.41, 5.74) is -0.553. The van der Waals surface area contributed by atoms with E-state index in [1.165, 1.54) is 19.1 Å². The van der Waals surface area contributed by atoms with Crippen molar-refractivity contribution in [3.05, 3.63) is 0 Å². The molecule has 0 aromatic heterocycles. The summed E-state index contributed by atoms with van der Waals surface area (Å²) < 4.78 is 15.2. The van der Waals surface area contributed by atoms with Gasteiger partial charge in [-0.1, -0.05) is 0 Å². The predicted octanol–water partition coefficient (Wildman–Crippen LogP) is 1.04. The van der Waals surface area contributed by atoms with Gasteiger partial charge in [-0.05, 0) is 20.8 Å². The molecule has 0 saturated carbocycles. The zero-order chi connectivity index (χ0) is 13.9. The molecule has 1 amide bonds. The highest BCUT2D eigenvalue weighted by Crippen LogP contribution is 2.22. The van der Waals surface area contributed by atoms with Crippen LogP contribution in [0.1, 0.15) is 20.8 Å². The van der Waals surface area contributed by atoms with Gasteiger partial charge in [0, 0.05) is 13.7 Å². The average molecular weight is 259 g/mol. The third kappa shape index (κ3) is 3.60. The Balaban J connectivity index is 2.66. The molecule has 1 saturated heterocycles. The van der Waals surface area contributed by atoms with Gasteiger partial charge in [0.2, 0.25) is 0 Å². The maximum Gasteiger partial charge on any atom is 0.410 e. The van der Waals surface area contributed by atoms with E-state index in [-0.39, 0.29) is 18.6 Å². The molecule has 1 aliphatic heterocycles. The maximum atomic E-state index is 11.9. The summed E-state index contributed by atoms with van der Waals surface area (Å²) in [5.74, 6) is -0.819. The number of hydrogen-bond donors (Lipinski definition) is 0. The van der Waals surface area contributed by atoms with Crippen LogP contribution in [0.4, 0.5) is 4.79 Å². The highest BCUT2D eigenvalue weighted by atomic mass is 16.6. The van der Waals surface area contributed by atoms with Crippen LogP contribution in [0.3, 0.4) is 0 Å². The van der Waals surface area contributed by atoms with Gasteiger partial charge in [0.05, 0.1) is 19.8 Å². The molecule has 0 spiro atoms. The van der Waals surface area contributed by atoms with Gasteiger partial charge in [0.25, 0.3) is 0 Å². The van der Waals surface area contributed by atoms with Crippen molar-refractivity contribution < 1.29 is 23.8 Å². The number of carbonyl (C=O) groups is 2. The molecule has 0 aromatic rings. The third-order valence-electron chi connectivity index (χ3n) is 2.72. The molecule has 6 heteroatoms. The first-order valence-corrected chi connectivity index (χ1v) is 5.87. The zero-order valence-corrected chi connectivity index (χ0v) is 11.6. The lowest BCUT2D eigenvalue weighted by Gasteiger charge is -2.24. The molecule has 0 bridgehead atoms. The molecule has 104 valence electrons. The number of likely N-dealkylation sites (tertiary alicyclic amines) is 1. The number of nitrogens with zero attached hydrogens (tertiary/aromatic N) is 1. The van der Waals surface area contributed by atoms with Crippen molar-refractivity contribution in [2.24, 2.45) is 5.92 Å². The van der Waals surface area contributed by atoms with Crippen molar-refractivity contribution in [2.75, 3.05) is 27.3 Å². The topological polar surface area (TPSA) is 65.1 Å². The van der Waals surface area contributed by atoms with Crippen LogP contribution in [0, 0.1) is 5.92 Å². The van der Waals surface area contributed by atoms with Crippen molar-refractivity contribution >= 4 is 12.1 Å². The number of amides is 1. The molecule has 0 unspecified atom stereocenters. The second kappa shape index (κ2) is 5.56. The lowest BCUT2D eigenvalue weighted by molar-refractivity contribution is -0.148. The lowest BCUT2D eigenvalue weighted by Crippen LogP contribution is -2.36. The minimum Gasteiger partial charge on any atom is -0.469 e. The van der Waals surface area contributed by atoms with Crippen molar-refractivity contribution in [2.45, 2.75) is 32.5 Å². The highest BCUT2D eigenvalue weighted by Gasteiger charge is 2.41. The summed E-state index contributed by atoms with van der Waals surface area (Å²) in [4.78, 5) is 24.9. The molecular weight excluding hydrogens is 238 g/mol. The summed E-state index contributed by atoms with van der Waals surface area (Å²) >= 11 is 0. The van der Waals surface area contributed by atoms with Crippen LogP contribution >= 0.6 is 0 Å². The number of hydrogen-bond acceptors (Lipinski definition) is 5. The average Bonchev–Trinajstić information content (AvgIpc) is 2.69. The summed E-state index contributed by atoms with van der Waals surface area (Å²) in [6.45, 7) is 6.00. The van der Waals surface area contributed by atoms with Crippen molar-refractivity contribution in [3.63, 3.8) is 0 Å². The monoisotopic (exact) mass is 259 g/mol. The third-order valence-corrected chi connectivity index (χ3v) is 2.72. The van der Waals surface area contributed by atoms with E-state index < -0.39 is 17.6 Å². The summed E-state index contributed by atoms with van der Waals surface area (Å²) in [6, 6.07) is 0. The number of esters is 1. The number of ether oxygens (including phenoxy) is 3. The Morgan fingerprint density at radius 1 is 1.17 bits per heavy atom. The summed E-state index contributed by atoms with van der Waals surface area (Å²) in [7, 11) is 2.84. The van der Waals surface area contributed by atoms with Gasteiger partial charge in [-0.25, -0.2) is 4.79 Å². The van der Waals surface area contributed by atoms with Gasteiger partial charge < -0.3 is 19.1 Å². The van der Waals surface area contributed by atoms with Crippen LogP contribution in [-0.2, 0) is 19.0 Å². The Hall–Kier alpha value is -1.30. The normalized spacial score (nSPS) is 23.9. The predicted molar refractivity (Wildman–Crippen MR) is 64.1 cm³/mol. The van der Waals surface area contributed by atoms with E-state index in [1.54, 1.807) is 20.8 Å². The summed E-state index contributed by atoms with van der Waals surface area (Å²) in [6.07, 6.45) is -0.777. The second-order valence-electron chi connectivity index (χ2n) is 5.29. The number of methoxy groups -OCH3 is 2. The van der Waals surface area contributed by atoms with Crippen LogP contribution in [0.25, 0.3) is 0 Å². The van der Waals surface area contributed by atoms with Gasteiger partial charge in [-0.2, -0.15) is 0 Å². The van der Waals surface area contributed by atoms with E-state index >= 15 is 0 Å². The van der Waals surface area contributed by atoms with Gasteiger partial charge in [-0.3, -0.25) is 4.79 Å². The van der Waals surface area contributed by atoms with Gasteiger partial charge in [0.15, 0.2) is 0 Å². The van der Waals surface area contributed by atoms with Crippen LogP contribution in [0.2, 0.25) is 0 Å². The Labute approximate surface area is 107 Å². The van der Waals surface area contributed by atoms with E-state index in [4.69, 9.17) is 14.2 Å². The smallest absolute Gasteiger partial charge is 0.410 e. The molecule has 0 aliphatic carbocycles. The molecule has 1 rings (SSSR count). The number of carbonyl (C=O) groups excluding carboxylic acids is 2. The van der Waals surface area contributed by atoms with Gasteiger partial charge in [-0.15, -0.1) is 0 Å². The number of rotatable bonds is 2. The first-order valence-electron chi connectivity index (χ1n) is 5.87. The minimum atomic E-state index is -0.553.